The summed E-state index contributed by atoms with van der Waals surface area (Å²) in [7, 11) is 3.18. The molecule has 0 saturated carbocycles. The Kier molecular flexibility index (Phi) is 6.91. The highest BCUT2D eigenvalue weighted by atomic mass is 35.5. The first-order chi connectivity index (χ1) is 16.0. The van der Waals surface area contributed by atoms with Crippen LogP contribution in [0.1, 0.15) is 24.8 Å². The van der Waals surface area contributed by atoms with Gasteiger partial charge in [0.05, 0.1) is 55.7 Å². The largest absolute Gasteiger partial charge is 0.495 e. The van der Waals surface area contributed by atoms with Gasteiger partial charge < -0.3 is 19.1 Å². The minimum atomic E-state index is -0.335. The van der Waals surface area contributed by atoms with Gasteiger partial charge >= 0.3 is 0 Å². The van der Waals surface area contributed by atoms with Crippen molar-refractivity contribution in [3.8, 4) is 23.3 Å². The molecule has 4 rings (SSSR count). The van der Waals surface area contributed by atoms with Gasteiger partial charge in [-0.05, 0) is 42.8 Å². The van der Waals surface area contributed by atoms with Gasteiger partial charge in [-0.2, -0.15) is 5.26 Å². The Balaban J connectivity index is 1.67. The highest BCUT2D eigenvalue weighted by molar-refractivity contribution is 8.03. The number of allylic oxidation sites excluding steroid dienone is 1. The first-order valence-electron chi connectivity index (χ1n) is 10.5. The van der Waals surface area contributed by atoms with E-state index in [-0.39, 0.29) is 18.2 Å². The average molecular weight is 486 g/mol. The molecule has 1 saturated heterocycles. The zero-order chi connectivity index (χ0) is 23.5. The van der Waals surface area contributed by atoms with Crippen molar-refractivity contribution in [1.82, 2.24) is 4.90 Å². The van der Waals surface area contributed by atoms with Gasteiger partial charge in [-0.3, -0.25) is 9.69 Å². The second-order valence-electron chi connectivity index (χ2n) is 7.52. The van der Waals surface area contributed by atoms with E-state index in [9.17, 15) is 10.1 Å². The lowest BCUT2D eigenvalue weighted by molar-refractivity contribution is -0.129. The van der Waals surface area contributed by atoms with Crippen molar-refractivity contribution in [2.75, 3.05) is 38.3 Å². The van der Waals surface area contributed by atoms with Crippen LogP contribution in [0.4, 0.5) is 5.69 Å². The molecule has 1 atom stereocenters. The number of fused-ring (bicyclic) bond motifs is 1. The summed E-state index contributed by atoms with van der Waals surface area (Å²) < 4.78 is 16.6. The van der Waals surface area contributed by atoms with Crippen LogP contribution in [0.3, 0.4) is 0 Å². The first kappa shape index (κ1) is 23.1. The third kappa shape index (κ3) is 4.43. The number of benzene rings is 2. The van der Waals surface area contributed by atoms with E-state index in [1.54, 1.807) is 25.2 Å². The number of amides is 1. The molecule has 2 aromatic carbocycles. The van der Waals surface area contributed by atoms with E-state index in [1.807, 2.05) is 42.2 Å². The monoisotopic (exact) mass is 485 g/mol. The van der Waals surface area contributed by atoms with E-state index in [2.05, 4.69) is 6.07 Å². The van der Waals surface area contributed by atoms with Gasteiger partial charge in [-0.15, -0.1) is 0 Å². The molecule has 0 N–H and O–H groups in total. The zero-order valence-corrected chi connectivity index (χ0v) is 20.2. The van der Waals surface area contributed by atoms with E-state index in [4.69, 9.17) is 25.8 Å². The Hall–Kier alpha value is -3.02. The van der Waals surface area contributed by atoms with Crippen molar-refractivity contribution in [1.29, 1.82) is 5.26 Å². The maximum Gasteiger partial charge on any atom is 0.229 e. The Morgan fingerprint density at radius 2 is 1.91 bits per heavy atom. The lowest BCUT2D eigenvalue weighted by atomic mass is 9.86. The number of halogens is 1. The van der Waals surface area contributed by atoms with Gasteiger partial charge in [-0.1, -0.05) is 29.4 Å². The Labute approximate surface area is 202 Å². The van der Waals surface area contributed by atoms with Gasteiger partial charge in [0.2, 0.25) is 5.91 Å². The number of carbonyl (C=O) groups excluding carboxylic acids is 1. The summed E-state index contributed by atoms with van der Waals surface area (Å²) >= 11 is 7.67. The number of hydrogen-bond acceptors (Lipinski definition) is 7. The Bertz CT molecular complexity index is 1150. The molecule has 2 aromatic rings. The number of thioether (sulfide) groups is 1. The standard InChI is InChI=1S/C24H24ClN3O4S/c1-4-32-21-7-5-15(9-22(21)31-3)17-11-23(29)28-13-27(14-33-24(28)18(17)12-26)19-10-16(25)6-8-20(19)30-2/h5-10,17H,4,11,13-14H2,1-3H3. The van der Waals surface area contributed by atoms with Crippen LogP contribution in [0.2, 0.25) is 5.02 Å². The smallest absolute Gasteiger partial charge is 0.229 e. The van der Waals surface area contributed by atoms with Crippen molar-refractivity contribution >= 4 is 35.0 Å². The molecular weight excluding hydrogens is 462 g/mol. The fraction of sp³-hybridized carbons (Fsp3) is 0.333. The average Bonchev–Trinajstić information content (AvgIpc) is 2.84. The lowest BCUT2D eigenvalue weighted by Crippen LogP contribution is -2.47. The van der Waals surface area contributed by atoms with Gasteiger partial charge in [0, 0.05) is 17.4 Å². The molecule has 172 valence electrons. The fourth-order valence-corrected chi connectivity index (χ4v) is 5.41. The maximum atomic E-state index is 13.2. The molecule has 0 spiro atoms. The molecule has 1 fully saturated rings. The summed E-state index contributed by atoms with van der Waals surface area (Å²) in [5.74, 6) is 2.08. The molecule has 33 heavy (non-hydrogen) atoms. The normalized spacial score (nSPS) is 18.0. The Morgan fingerprint density at radius 1 is 1.15 bits per heavy atom. The molecule has 0 aliphatic carbocycles. The van der Waals surface area contributed by atoms with Gasteiger partial charge in [-0.25, -0.2) is 0 Å². The molecule has 0 bridgehead atoms. The van der Waals surface area contributed by atoms with Crippen molar-refractivity contribution < 1.29 is 19.0 Å². The van der Waals surface area contributed by atoms with E-state index in [0.29, 0.717) is 52.0 Å². The van der Waals surface area contributed by atoms with Crippen molar-refractivity contribution in [2.45, 2.75) is 19.3 Å². The van der Waals surface area contributed by atoms with Gasteiger partial charge in [0.15, 0.2) is 11.5 Å². The highest BCUT2D eigenvalue weighted by Gasteiger charge is 2.39. The number of hydrogen-bond donors (Lipinski definition) is 0. The number of anilines is 1. The van der Waals surface area contributed by atoms with Crippen LogP contribution in [-0.4, -0.2) is 44.2 Å². The van der Waals surface area contributed by atoms with Crippen LogP contribution < -0.4 is 19.1 Å². The minimum Gasteiger partial charge on any atom is -0.495 e. The van der Waals surface area contributed by atoms with Crippen LogP contribution >= 0.6 is 23.4 Å². The number of carbonyl (C=O) groups is 1. The number of nitriles is 1. The summed E-state index contributed by atoms with van der Waals surface area (Å²) in [5.41, 5.74) is 2.25. The van der Waals surface area contributed by atoms with E-state index < -0.39 is 0 Å². The lowest BCUT2D eigenvalue weighted by Gasteiger charge is -2.42. The maximum absolute atomic E-state index is 13.2. The van der Waals surface area contributed by atoms with Crippen molar-refractivity contribution in [3.63, 3.8) is 0 Å². The highest BCUT2D eigenvalue weighted by Crippen LogP contribution is 2.45. The molecular formula is C24H24ClN3O4S. The predicted molar refractivity (Wildman–Crippen MR) is 129 cm³/mol. The third-order valence-corrected chi connectivity index (χ3v) is 7.05. The SMILES string of the molecule is CCOc1ccc(C2CC(=O)N3CN(c4cc(Cl)ccc4OC)CSC3=C2C#N)cc1OC. The van der Waals surface area contributed by atoms with Crippen molar-refractivity contribution in [2.24, 2.45) is 0 Å². The number of nitrogens with zero attached hydrogens (tertiary/aromatic N) is 3. The topological polar surface area (TPSA) is 75.0 Å². The number of rotatable bonds is 6. The van der Waals surface area contributed by atoms with Gasteiger partial charge in [0.25, 0.3) is 0 Å². The molecule has 2 aliphatic rings. The fourth-order valence-electron chi connectivity index (χ4n) is 4.09. The summed E-state index contributed by atoms with van der Waals surface area (Å²) in [6.45, 7) is 2.75. The molecule has 9 heteroatoms. The zero-order valence-electron chi connectivity index (χ0n) is 18.6. The van der Waals surface area contributed by atoms with E-state index in [0.717, 1.165) is 11.3 Å². The van der Waals surface area contributed by atoms with Crippen LogP contribution in [-0.2, 0) is 4.79 Å². The summed E-state index contributed by atoms with van der Waals surface area (Å²) in [6.07, 6.45) is 0.199. The number of ether oxygens (including phenoxy) is 3. The second-order valence-corrected chi connectivity index (χ2v) is 8.89. The summed E-state index contributed by atoms with van der Waals surface area (Å²) in [6, 6.07) is 13.3. The molecule has 2 aliphatic heterocycles. The summed E-state index contributed by atoms with van der Waals surface area (Å²) in [5, 5.41) is 11.3. The second kappa shape index (κ2) is 9.86. The third-order valence-electron chi connectivity index (χ3n) is 5.66. The van der Waals surface area contributed by atoms with Gasteiger partial charge in [0.1, 0.15) is 5.75 Å². The molecule has 0 aromatic heterocycles. The molecule has 7 nitrogen and oxygen atoms in total. The van der Waals surface area contributed by atoms with Crippen molar-refractivity contribution in [3.05, 3.63) is 57.6 Å². The van der Waals surface area contributed by atoms with Crippen LogP contribution in [0.15, 0.2) is 47.0 Å². The Morgan fingerprint density at radius 3 is 2.61 bits per heavy atom. The number of methoxy groups -OCH3 is 2. The molecule has 1 amide bonds. The summed E-state index contributed by atoms with van der Waals surface area (Å²) in [4.78, 5) is 16.9. The van der Waals surface area contributed by atoms with Crippen LogP contribution in [0.5, 0.6) is 17.2 Å². The van der Waals surface area contributed by atoms with Crippen LogP contribution in [0, 0.1) is 11.3 Å². The quantitative estimate of drug-likeness (QED) is 0.571. The molecule has 1 unspecified atom stereocenters. The van der Waals surface area contributed by atoms with E-state index in [1.165, 1.54) is 11.8 Å². The molecule has 2 heterocycles. The molecule has 0 radical (unpaired) electrons. The minimum absolute atomic E-state index is 0.0416. The predicted octanol–water partition coefficient (Wildman–Crippen LogP) is 4.98. The first-order valence-corrected chi connectivity index (χ1v) is 11.8. The van der Waals surface area contributed by atoms with E-state index >= 15 is 0 Å². The van der Waals surface area contributed by atoms with Crippen LogP contribution in [0.25, 0.3) is 0 Å².